The second kappa shape index (κ2) is 17.1. The van der Waals surface area contributed by atoms with Crippen molar-refractivity contribution in [1.29, 1.82) is 0 Å². The Bertz CT molecular complexity index is 282. The van der Waals surface area contributed by atoms with Crippen LogP contribution in [0.1, 0.15) is 149 Å². The fraction of sp³-hybridized carbons (Fsp3) is 1.00. The lowest BCUT2D eigenvalue weighted by atomic mass is 9.96. The first-order valence-corrected chi connectivity index (χ1v) is 12.5. The van der Waals surface area contributed by atoms with Crippen LogP contribution in [0.25, 0.3) is 0 Å². The zero-order valence-corrected chi connectivity index (χ0v) is 18.5. The molecule has 0 aromatic carbocycles. The van der Waals surface area contributed by atoms with Crippen molar-refractivity contribution < 1.29 is 4.74 Å². The van der Waals surface area contributed by atoms with Gasteiger partial charge in [0.05, 0.1) is 12.2 Å². The highest BCUT2D eigenvalue weighted by Crippen LogP contribution is 2.37. The van der Waals surface area contributed by atoms with Gasteiger partial charge in [0, 0.05) is 0 Å². The molecule has 1 atom stereocenters. The molecule has 1 heteroatoms. The van der Waals surface area contributed by atoms with Gasteiger partial charge in [-0.1, -0.05) is 136 Å². The topological polar surface area (TPSA) is 12.5 Å². The minimum atomic E-state index is 0.337. The van der Waals surface area contributed by atoms with Gasteiger partial charge in [-0.25, -0.2) is 0 Å². The maximum atomic E-state index is 5.67. The van der Waals surface area contributed by atoms with Crippen LogP contribution in [0, 0.1) is 0 Å². The van der Waals surface area contributed by atoms with Crippen molar-refractivity contribution in [3.63, 3.8) is 0 Å². The van der Waals surface area contributed by atoms with E-state index in [0.29, 0.717) is 5.60 Å². The van der Waals surface area contributed by atoms with E-state index >= 15 is 0 Å². The summed E-state index contributed by atoms with van der Waals surface area (Å²) in [6, 6.07) is 0. The quantitative estimate of drug-likeness (QED) is 0.146. The summed E-state index contributed by atoms with van der Waals surface area (Å²) in [6.45, 7) is 5.62. The zero-order valence-electron chi connectivity index (χ0n) is 18.5. The summed E-state index contributed by atoms with van der Waals surface area (Å²) in [5, 5.41) is 0. The van der Waals surface area contributed by atoms with Gasteiger partial charge in [-0.3, -0.25) is 0 Å². The first-order chi connectivity index (χ1) is 12.8. The maximum absolute atomic E-state index is 5.67. The Morgan fingerprint density at radius 2 is 0.808 bits per heavy atom. The first-order valence-electron chi connectivity index (χ1n) is 12.5. The summed E-state index contributed by atoms with van der Waals surface area (Å²) in [6.07, 6.45) is 30.1. The highest BCUT2D eigenvalue weighted by molar-refractivity contribution is 4.91. The van der Waals surface area contributed by atoms with Crippen molar-refractivity contribution >= 4 is 0 Å². The summed E-state index contributed by atoms with van der Waals surface area (Å²) in [5.41, 5.74) is 0.337. The van der Waals surface area contributed by atoms with Crippen LogP contribution < -0.4 is 0 Å². The number of hydrogen-bond acceptors (Lipinski definition) is 1. The number of hydrogen-bond donors (Lipinski definition) is 0. The summed E-state index contributed by atoms with van der Waals surface area (Å²) < 4.78 is 5.67. The molecule has 0 amide bonds. The number of epoxide rings is 1. The molecule has 0 radical (unpaired) electrons. The van der Waals surface area contributed by atoms with Crippen LogP contribution in [-0.4, -0.2) is 12.2 Å². The van der Waals surface area contributed by atoms with E-state index in [0.717, 1.165) is 6.61 Å². The molecule has 156 valence electrons. The van der Waals surface area contributed by atoms with E-state index in [4.69, 9.17) is 4.74 Å². The van der Waals surface area contributed by atoms with E-state index in [1.807, 2.05) is 0 Å². The molecule has 1 rings (SSSR count). The molecule has 0 bridgehead atoms. The molecule has 1 heterocycles. The predicted octanol–water partition coefficient (Wildman–Crippen LogP) is 8.99. The Balaban J connectivity index is 1.66. The van der Waals surface area contributed by atoms with E-state index in [1.165, 1.54) is 135 Å². The molecule has 26 heavy (non-hydrogen) atoms. The second-order valence-corrected chi connectivity index (χ2v) is 8.98. The number of ether oxygens (including phenoxy) is 1. The molecule has 1 aliphatic rings. The largest absolute Gasteiger partial charge is 0.370 e. The van der Waals surface area contributed by atoms with Crippen LogP contribution in [-0.2, 0) is 4.74 Å². The summed E-state index contributed by atoms with van der Waals surface area (Å²) in [5.74, 6) is 0. The smallest absolute Gasteiger partial charge is 0.0916 e. The van der Waals surface area contributed by atoms with Crippen LogP contribution in [0.15, 0.2) is 0 Å². The van der Waals surface area contributed by atoms with Crippen molar-refractivity contribution in [1.82, 2.24) is 0 Å². The molecular formula is C25H50O. The lowest BCUT2D eigenvalue weighted by molar-refractivity contribution is 0.265. The van der Waals surface area contributed by atoms with Crippen LogP contribution in [0.4, 0.5) is 0 Å². The highest BCUT2D eigenvalue weighted by atomic mass is 16.6. The lowest BCUT2D eigenvalue weighted by Crippen LogP contribution is -2.09. The molecular weight excluding hydrogens is 316 g/mol. The third-order valence-electron chi connectivity index (χ3n) is 6.24. The Kier molecular flexibility index (Phi) is 15.8. The van der Waals surface area contributed by atoms with Gasteiger partial charge in [-0.05, 0) is 12.8 Å². The molecule has 0 aliphatic carbocycles. The van der Waals surface area contributed by atoms with Crippen LogP contribution in [0.5, 0.6) is 0 Å². The van der Waals surface area contributed by atoms with Gasteiger partial charge in [0.25, 0.3) is 0 Å². The van der Waals surface area contributed by atoms with Gasteiger partial charge < -0.3 is 4.74 Å². The van der Waals surface area contributed by atoms with Gasteiger partial charge in [0.1, 0.15) is 0 Å². The predicted molar refractivity (Wildman–Crippen MR) is 117 cm³/mol. The molecule has 0 aromatic rings. The number of rotatable bonds is 21. The average Bonchev–Trinajstić information content (AvgIpc) is 3.40. The van der Waals surface area contributed by atoms with E-state index < -0.39 is 0 Å². The third kappa shape index (κ3) is 14.1. The molecule has 1 unspecified atom stereocenters. The molecule has 1 saturated heterocycles. The van der Waals surface area contributed by atoms with E-state index in [1.54, 1.807) is 0 Å². The monoisotopic (exact) mass is 366 g/mol. The van der Waals surface area contributed by atoms with Gasteiger partial charge in [-0.15, -0.1) is 0 Å². The molecule has 1 nitrogen and oxygen atoms in total. The Morgan fingerprint density at radius 3 is 1.12 bits per heavy atom. The second-order valence-electron chi connectivity index (χ2n) is 8.98. The Labute approximate surface area is 166 Å². The number of unbranched alkanes of at least 4 members (excludes halogenated alkanes) is 17. The van der Waals surface area contributed by atoms with Crippen molar-refractivity contribution in [2.24, 2.45) is 0 Å². The van der Waals surface area contributed by atoms with Crippen molar-refractivity contribution in [2.75, 3.05) is 6.61 Å². The molecule has 0 aromatic heterocycles. The van der Waals surface area contributed by atoms with Crippen molar-refractivity contribution in [3.8, 4) is 0 Å². The minimum Gasteiger partial charge on any atom is -0.370 e. The third-order valence-corrected chi connectivity index (χ3v) is 6.24. The Morgan fingerprint density at radius 1 is 0.462 bits per heavy atom. The zero-order chi connectivity index (χ0) is 18.8. The molecule has 1 aliphatic heterocycles. The van der Waals surface area contributed by atoms with Gasteiger partial charge in [0.15, 0.2) is 0 Å². The van der Waals surface area contributed by atoms with Crippen molar-refractivity contribution in [2.45, 2.75) is 154 Å². The minimum absolute atomic E-state index is 0.337. The summed E-state index contributed by atoms with van der Waals surface area (Å²) in [7, 11) is 0. The molecule has 0 N–H and O–H groups in total. The van der Waals surface area contributed by atoms with E-state index in [2.05, 4.69) is 13.8 Å². The fourth-order valence-electron chi connectivity index (χ4n) is 4.32. The fourth-order valence-corrected chi connectivity index (χ4v) is 4.32. The van der Waals surface area contributed by atoms with Crippen LogP contribution in [0.2, 0.25) is 0 Å². The van der Waals surface area contributed by atoms with Crippen LogP contribution >= 0.6 is 0 Å². The standard InChI is InChI=1S/C25H50O/c1-3-5-6-7-8-9-10-11-12-13-14-15-16-17-18-19-20-21-23-25(22-4-2)24-26-25/h3-24H2,1-2H3. The first kappa shape index (κ1) is 24.0. The van der Waals surface area contributed by atoms with E-state index in [-0.39, 0.29) is 0 Å². The molecule has 0 saturated carbocycles. The van der Waals surface area contributed by atoms with E-state index in [9.17, 15) is 0 Å². The lowest BCUT2D eigenvalue weighted by Gasteiger charge is -2.09. The SMILES string of the molecule is CCCCCCCCCCCCCCCCCCCCC1(CCC)CO1. The van der Waals surface area contributed by atoms with Crippen molar-refractivity contribution in [3.05, 3.63) is 0 Å². The molecule has 0 spiro atoms. The molecule has 1 fully saturated rings. The normalized spacial score (nSPS) is 19.2. The van der Waals surface area contributed by atoms with Crippen LogP contribution in [0.3, 0.4) is 0 Å². The summed E-state index contributed by atoms with van der Waals surface area (Å²) in [4.78, 5) is 0. The van der Waals surface area contributed by atoms with Gasteiger partial charge >= 0.3 is 0 Å². The van der Waals surface area contributed by atoms with Gasteiger partial charge in [-0.2, -0.15) is 0 Å². The average molecular weight is 367 g/mol. The maximum Gasteiger partial charge on any atom is 0.0916 e. The summed E-state index contributed by atoms with van der Waals surface area (Å²) >= 11 is 0. The Hall–Kier alpha value is -0.0400. The van der Waals surface area contributed by atoms with Gasteiger partial charge in [0.2, 0.25) is 0 Å². The highest BCUT2D eigenvalue weighted by Gasteiger charge is 2.42.